The third-order valence-electron chi connectivity index (χ3n) is 3.23. The second-order valence-corrected chi connectivity index (χ2v) is 5.22. The summed E-state index contributed by atoms with van der Waals surface area (Å²) in [6, 6.07) is 0.304. The van der Waals surface area contributed by atoms with Crippen molar-refractivity contribution in [3.63, 3.8) is 0 Å². The van der Waals surface area contributed by atoms with Crippen LogP contribution >= 0.6 is 11.8 Å². The summed E-state index contributed by atoms with van der Waals surface area (Å²) >= 11 is 1.79. The van der Waals surface area contributed by atoms with Crippen LogP contribution in [0, 0.1) is 5.92 Å². The van der Waals surface area contributed by atoms with E-state index in [1.165, 1.54) is 19.3 Å². The highest BCUT2D eigenvalue weighted by atomic mass is 32.2. The quantitative estimate of drug-likeness (QED) is 0.753. The maximum Gasteiger partial charge on any atom is 0.308 e. The van der Waals surface area contributed by atoms with E-state index >= 15 is 0 Å². The van der Waals surface area contributed by atoms with Gasteiger partial charge < -0.3 is 5.11 Å². The third kappa shape index (κ3) is 2.06. The zero-order valence-corrected chi connectivity index (χ0v) is 9.13. The average molecular weight is 215 g/mol. The first kappa shape index (κ1) is 10.3. The first-order valence-corrected chi connectivity index (χ1v) is 6.49. The summed E-state index contributed by atoms with van der Waals surface area (Å²) < 4.78 is 0. The average Bonchev–Trinajstić information content (AvgIpc) is 2.67. The van der Waals surface area contributed by atoms with Crippen LogP contribution in [0.4, 0.5) is 0 Å². The van der Waals surface area contributed by atoms with Crippen LogP contribution in [0.25, 0.3) is 0 Å². The van der Waals surface area contributed by atoms with Gasteiger partial charge in [0, 0.05) is 17.5 Å². The van der Waals surface area contributed by atoms with Gasteiger partial charge in [-0.1, -0.05) is 6.42 Å². The highest BCUT2D eigenvalue weighted by Crippen LogP contribution is 2.30. The van der Waals surface area contributed by atoms with E-state index < -0.39 is 5.97 Å². The molecule has 2 heterocycles. The van der Waals surface area contributed by atoms with Gasteiger partial charge in [0.2, 0.25) is 0 Å². The van der Waals surface area contributed by atoms with E-state index in [0.717, 1.165) is 24.6 Å². The van der Waals surface area contributed by atoms with Crippen LogP contribution in [0.2, 0.25) is 0 Å². The van der Waals surface area contributed by atoms with E-state index in [9.17, 15) is 4.79 Å². The predicted molar refractivity (Wildman–Crippen MR) is 57.7 cm³/mol. The molecule has 14 heavy (non-hydrogen) atoms. The Hall–Kier alpha value is -0.220. The topological polar surface area (TPSA) is 40.5 Å². The third-order valence-corrected chi connectivity index (χ3v) is 4.40. The van der Waals surface area contributed by atoms with Crippen LogP contribution < -0.4 is 0 Å². The SMILES string of the molecule is O=C(O)C1CSCC1N1CCCCC1. The van der Waals surface area contributed by atoms with Crippen molar-refractivity contribution in [3.8, 4) is 0 Å². The van der Waals surface area contributed by atoms with Crippen molar-refractivity contribution in [2.45, 2.75) is 25.3 Å². The Labute approximate surface area is 88.9 Å². The minimum atomic E-state index is -0.606. The van der Waals surface area contributed by atoms with Crippen LogP contribution in [0.3, 0.4) is 0 Å². The molecule has 0 bridgehead atoms. The minimum Gasteiger partial charge on any atom is -0.481 e. The largest absolute Gasteiger partial charge is 0.481 e. The monoisotopic (exact) mass is 215 g/mol. The van der Waals surface area contributed by atoms with Crippen molar-refractivity contribution < 1.29 is 9.90 Å². The number of hydrogen-bond donors (Lipinski definition) is 1. The first-order valence-electron chi connectivity index (χ1n) is 5.33. The first-order chi connectivity index (χ1) is 6.79. The number of aliphatic carboxylic acids is 1. The molecule has 0 aromatic heterocycles. The van der Waals surface area contributed by atoms with Crippen molar-refractivity contribution in [2.75, 3.05) is 24.6 Å². The number of carbonyl (C=O) groups is 1. The lowest BCUT2D eigenvalue weighted by Gasteiger charge is -2.33. The number of thioether (sulfide) groups is 1. The number of hydrogen-bond acceptors (Lipinski definition) is 3. The highest BCUT2D eigenvalue weighted by molar-refractivity contribution is 7.99. The summed E-state index contributed by atoms with van der Waals surface area (Å²) in [5, 5.41) is 9.07. The van der Waals surface area contributed by atoms with Gasteiger partial charge in [-0.3, -0.25) is 9.69 Å². The van der Waals surface area contributed by atoms with Crippen molar-refractivity contribution >= 4 is 17.7 Å². The molecule has 2 saturated heterocycles. The number of carboxylic acids is 1. The van der Waals surface area contributed by atoms with E-state index in [1.807, 2.05) is 0 Å². The summed E-state index contributed by atoms with van der Waals surface area (Å²) in [6.45, 7) is 2.21. The van der Waals surface area contributed by atoms with Crippen molar-refractivity contribution in [3.05, 3.63) is 0 Å². The van der Waals surface area contributed by atoms with Crippen LogP contribution in [0.5, 0.6) is 0 Å². The van der Waals surface area contributed by atoms with Gasteiger partial charge in [-0.05, 0) is 25.9 Å². The molecule has 1 N–H and O–H groups in total. The predicted octanol–water partition coefficient (Wildman–Crippen LogP) is 1.29. The molecule has 0 radical (unpaired) electrons. The summed E-state index contributed by atoms with van der Waals surface area (Å²) in [7, 11) is 0. The van der Waals surface area contributed by atoms with E-state index in [4.69, 9.17) is 5.11 Å². The lowest BCUT2D eigenvalue weighted by molar-refractivity contribution is -0.142. The van der Waals surface area contributed by atoms with Gasteiger partial charge in [0.1, 0.15) is 0 Å². The van der Waals surface area contributed by atoms with Crippen LogP contribution in [0.1, 0.15) is 19.3 Å². The van der Waals surface area contributed by atoms with Crippen molar-refractivity contribution in [2.24, 2.45) is 5.92 Å². The van der Waals surface area contributed by atoms with Crippen molar-refractivity contribution in [1.29, 1.82) is 0 Å². The number of rotatable bonds is 2. The molecule has 0 amide bonds. The fourth-order valence-corrected chi connectivity index (χ4v) is 3.83. The fourth-order valence-electron chi connectivity index (χ4n) is 2.39. The molecule has 3 nitrogen and oxygen atoms in total. The molecule has 0 aliphatic carbocycles. The molecule has 80 valence electrons. The van der Waals surface area contributed by atoms with E-state index in [0.29, 0.717) is 6.04 Å². The zero-order chi connectivity index (χ0) is 9.97. The summed E-state index contributed by atoms with van der Waals surface area (Å²) in [4.78, 5) is 13.4. The maximum absolute atomic E-state index is 11.0. The second kappa shape index (κ2) is 4.53. The number of carboxylic acid groups (broad SMARTS) is 1. The number of likely N-dealkylation sites (tertiary alicyclic amines) is 1. The van der Waals surface area contributed by atoms with Gasteiger partial charge in [-0.15, -0.1) is 0 Å². The summed E-state index contributed by atoms with van der Waals surface area (Å²) in [5.41, 5.74) is 0. The molecule has 2 unspecified atom stereocenters. The Morgan fingerprint density at radius 1 is 1.21 bits per heavy atom. The molecular weight excluding hydrogens is 198 g/mol. The summed E-state index contributed by atoms with van der Waals surface area (Å²) in [5.74, 6) is 1.08. The molecule has 2 atom stereocenters. The lowest BCUT2D eigenvalue weighted by atomic mass is 9.99. The molecule has 2 rings (SSSR count). The molecule has 0 aromatic carbocycles. The number of nitrogens with zero attached hydrogens (tertiary/aromatic N) is 1. The van der Waals surface area contributed by atoms with Gasteiger partial charge in [-0.25, -0.2) is 0 Å². The Kier molecular flexibility index (Phi) is 3.34. The Balaban J connectivity index is 1.97. The van der Waals surface area contributed by atoms with Crippen LogP contribution in [-0.4, -0.2) is 46.6 Å². The van der Waals surface area contributed by atoms with Gasteiger partial charge in [0.15, 0.2) is 0 Å². The van der Waals surface area contributed by atoms with Crippen molar-refractivity contribution in [1.82, 2.24) is 4.90 Å². The Morgan fingerprint density at radius 3 is 2.57 bits per heavy atom. The highest BCUT2D eigenvalue weighted by Gasteiger charge is 2.37. The molecule has 4 heteroatoms. The fraction of sp³-hybridized carbons (Fsp3) is 0.900. The Bertz CT molecular complexity index is 216. The van der Waals surface area contributed by atoms with Crippen LogP contribution in [0.15, 0.2) is 0 Å². The van der Waals surface area contributed by atoms with Gasteiger partial charge in [0.05, 0.1) is 5.92 Å². The molecule has 2 aliphatic heterocycles. The molecular formula is C10H17NO2S. The van der Waals surface area contributed by atoms with Gasteiger partial charge in [-0.2, -0.15) is 11.8 Å². The molecule has 2 aliphatic rings. The summed E-state index contributed by atoms with van der Waals surface area (Å²) in [6.07, 6.45) is 3.80. The smallest absolute Gasteiger partial charge is 0.308 e. The molecule has 0 saturated carbocycles. The standard InChI is InChI=1S/C10H17NO2S/c12-10(13)8-6-14-7-9(8)11-4-2-1-3-5-11/h8-9H,1-7H2,(H,12,13). The normalized spacial score (nSPS) is 34.6. The molecule has 2 fully saturated rings. The van der Waals surface area contributed by atoms with Gasteiger partial charge in [0.25, 0.3) is 0 Å². The van der Waals surface area contributed by atoms with E-state index in [2.05, 4.69) is 4.90 Å². The lowest BCUT2D eigenvalue weighted by Crippen LogP contribution is -2.45. The van der Waals surface area contributed by atoms with Crippen LogP contribution in [-0.2, 0) is 4.79 Å². The maximum atomic E-state index is 11.0. The molecule has 0 aromatic rings. The second-order valence-electron chi connectivity index (χ2n) is 4.15. The van der Waals surface area contributed by atoms with E-state index in [1.54, 1.807) is 11.8 Å². The zero-order valence-electron chi connectivity index (χ0n) is 8.32. The van der Waals surface area contributed by atoms with Gasteiger partial charge >= 0.3 is 5.97 Å². The number of piperidine rings is 1. The Morgan fingerprint density at radius 2 is 1.93 bits per heavy atom. The van der Waals surface area contributed by atoms with E-state index in [-0.39, 0.29) is 5.92 Å². The molecule has 0 spiro atoms. The minimum absolute atomic E-state index is 0.127.